The van der Waals surface area contributed by atoms with Crippen molar-refractivity contribution in [3.05, 3.63) is 46.9 Å². The van der Waals surface area contributed by atoms with Gasteiger partial charge in [-0.05, 0) is 30.9 Å². The number of esters is 1. The maximum Gasteiger partial charge on any atom is 0.303 e. The first-order chi connectivity index (χ1) is 19.5. The Bertz CT molecular complexity index is 1280. The Morgan fingerprint density at radius 3 is 2.37 bits per heavy atom. The average Bonchev–Trinajstić information content (AvgIpc) is 3.38. The van der Waals surface area contributed by atoms with E-state index in [0.29, 0.717) is 12.5 Å². The minimum Gasteiger partial charge on any atom is -0.452 e. The molecule has 0 spiro atoms. The summed E-state index contributed by atoms with van der Waals surface area (Å²) in [5.74, 6) is -2.63. The van der Waals surface area contributed by atoms with E-state index in [1.165, 1.54) is 47.0 Å². The van der Waals surface area contributed by atoms with Gasteiger partial charge in [-0.2, -0.15) is 0 Å². The van der Waals surface area contributed by atoms with Crippen LogP contribution in [0.25, 0.3) is 0 Å². The molecule has 0 aliphatic rings. The summed E-state index contributed by atoms with van der Waals surface area (Å²) in [7, 11) is 2.98. The third kappa shape index (κ3) is 9.89. The maximum absolute atomic E-state index is 13.3. The summed E-state index contributed by atoms with van der Waals surface area (Å²) in [6.07, 6.45) is 4.60. The van der Waals surface area contributed by atoms with Crippen molar-refractivity contribution < 1.29 is 28.7 Å². The molecule has 14 heteroatoms. The van der Waals surface area contributed by atoms with Crippen molar-refractivity contribution >= 4 is 35.3 Å². The van der Waals surface area contributed by atoms with Gasteiger partial charge in [0.15, 0.2) is 6.10 Å². The summed E-state index contributed by atoms with van der Waals surface area (Å²) in [4.78, 5) is 79.2. The monoisotopic (exact) mass is 573 g/mol. The quantitative estimate of drug-likeness (QED) is 0.220. The van der Waals surface area contributed by atoms with Crippen LogP contribution in [-0.4, -0.2) is 69.5 Å². The van der Waals surface area contributed by atoms with Gasteiger partial charge in [-0.3, -0.25) is 28.8 Å². The summed E-state index contributed by atoms with van der Waals surface area (Å²) in [5, 5.41) is 10.3. The van der Waals surface area contributed by atoms with Gasteiger partial charge < -0.3 is 35.1 Å². The molecule has 2 heterocycles. The number of aromatic nitrogens is 3. The van der Waals surface area contributed by atoms with E-state index in [1.54, 1.807) is 7.05 Å². The number of aryl methyl sites for hydroxylation is 1. The highest BCUT2D eigenvalue weighted by atomic mass is 16.5. The van der Waals surface area contributed by atoms with Gasteiger partial charge in [-0.15, -0.1) is 0 Å². The van der Waals surface area contributed by atoms with Crippen LogP contribution in [0, 0.1) is 5.92 Å². The summed E-state index contributed by atoms with van der Waals surface area (Å²) >= 11 is 0. The third-order valence-corrected chi connectivity index (χ3v) is 6.57. The minimum atomic E-state index is -1.23. The fourth-order valence-electron chi connectivity index (χ4n) is 4.02. The van der Waals surface area contributed by atoms with Gasteiger partial charge >= 0.3 is 5.97 Å². The maximum atomic E-state index is 13.3. The Morgan fingerprint density at radius 2 is 1.78 bits per heavy atom. The lowest BCUT2D eigenvalue weighted by molar-refractivity contribution is -0.154. The molecule has 4 N–H and O–H groups in total. The van der Waals surface area contributed by atoms with E-state index >= 15 is 0 Å². The fourth-order valence-corrected chi connectivity index (χ4v) is 4.02. The Morgan fingerprint density at radius 1 is 1.07 bits per heavy atom. The summed E-state index contributed by atoms with van der Waals surface area (Å²) in [5.41, 5.74) is -0.543. The van der Waals surface area contributed by atoms with Gasteiger partial charge in [0.2, 0.25) is 11.8 Å². The molecule has 4 amide bonds. The molecule has 0 saturated carbocycles. The number of carbonyl (C=O) groups is 5. The molecule has 0 bridgehead atoms. The average molecular weight is 574 g/mol. The zero-order valence-corrected chi connectivity index (χ0v) is 24.1. The molecule has 41 heavy (non-hydrogen) atoms. The number of imidazole rings is 1. The molecule has 0 saturated heterocycles. The minimum absolute atomic E-state index is 0.0985. The number of ether oxygens (including phenoxy) is 1. The number of likely N-dealkylation sites (N-methyl/N-ethyl adjacent to an activating group) is 1. The first-order valence-corrected chi connectivity index (χ1v) is 13.4. The number of nitrogens with zero attached hydrogens (tertiary/aromatic N) is 3. The predicted octanol–water partition coefficient (Wildman–Crippen LogP) is 0.329. The smallest absolute Gasteiger partial charge is 0.303 e. The molecule has 2 aromatic rings. The van der Waals surface area contributed by atoms with Gasteiger partial charge in [-0.25, -0.2) is 4.98 Å². The molecule has 0 fully saturated rings. The van der Waals surface area contributed by atoms with Crippen molar-refractivity contribution in [1.82, 2.24) is 30.1 Å². The van der Waals surface area contributed by atoms with E-state index in [-0.39, 0.29) is 36.7 Å². The predicted molar refractivity (Wildman–Crippen MR) is 150 cm³/mol. The molecule has 0 aromatic carbocycles. The second kappa shape index (κ2) is 15.9. The number of nitrogens with one attached hydrogen (secondary N) is 4. The molecular formula is C27H39N7O7. The van der Waals surface area contributed by atoms with Crippen molar-refractivity contribution in [1.29, 1.82) is 0 Å². The number of amides is 4. The molecule has 1 unspecified atom stereocenters. The van der Waals surface area contributed by atoms with Crippen LogP contribution in [-0.2, 0) is 37.5 Å². The van der Waals surface area contributed by atoms with E-state index < -0.39 is 41.4 Å². The van der Waals surface area contributed by atoms with Crippen molar-refractivity contribution in [3.8, 4) is 0 Å². The Labute approximate surface area is 238 Å². The van der Waals surface area contributed by atoms with Crippen molar-refractivity contribution in [2.45, 2.75) is 65.1 Å². The van der Waals surface area contributed by atoms with Crippen molar-refractivity contribution in [3.63, 3.8) is 0 Å². The van der Waals surface area contributed by atoms with Gasteiger partial charge in [-0.1, -0.05) is 26.7 Å². The molecule has 14 nitrogen and oxygen atoms in total. The van der Waals surface area contributed by atoms with Crippen LogP contribution in [0.2, 0.25) is 0 Å². The Balaban J connectivity index is 2.22. The van der Waals surface area contributed by atoms with E-state index in [2.05, 4.69) is 26.3 Å². The lowest BCUT2D eigenvalue weighted by Crippen LogP contribution is -2.46. The molecule has 0 aliphatic carbocycles. The zero-order chi connectivity index (χ0) is 30.5. The fraction of sp³-hybridized carbons (Fsp3) is 0.519. The summed E-state index contributed by atoms with van der Waals surface area (Å²) < 4.78 is 7.70. The topological polar surface area (TPSA) is 183 Å². The zero-order valence-electron chi connectivity index (χ0n) is 24.1. The normalized spacial score (nSPS) is 12.2. The number of rotatable bonds is 15. The van der Waals surface area contributed by atoms with E-state index in [1.807, 2.05) is 13.8 Å². The molecule has 0 aliphatic heterocycles. The van der Waals surface area contributed by atoms with Gasteiger partial charge in [0, 0.05) is 33.8 Å². The number of hydrogen-bond donors (Lipinski definition) is 4. The standard InChI is InChI=1S/C27H39N7O7/c1-6-18(7-2)13-30-23(36)15-34-12-8-9-20(27(34)40)32-24(37)19(31-25(38)21-14-29-16-33(21)5)10-11-22(26(39)28-4)41-17(3)35/h8-9,12,14,16,18-19,22H,6-7,10-11,13,15H2,1-5H3,(H,28,39)(H,30,36)(H,31,38)(H,32,37)/t19-,22?/m0/s1. The van der Waals surface area contributed by atoms with E-state index in [4.69, 9.17) is 4.74 Å². The lowest BCUT2D eigenvalue weighted by atomic mass is 10.0. The molecular weight excluding hydrogens is 534 g/mol. The van der Waals surface area contributed by atoms with Gasteiger partial charge in [0.1, 0.15) is 24.0 Å². The molecule has 2 atom stereocenters. The van der Waals surface area contributed by atoms with Crippen LogP contribution < -0.4 is 26.8 Å². The Kier molecular flexibility index (Phi) is 12.7. The highest BCUT2D eigenvalue weighted by molar-refractivity contribution is 6.00. The van der Waals surface area contributed by atoms with Crippen molar-refractivity contribution in [2.75, 3.05) is 18.9 Å². The highest BCUT2D eigenvalue weighted by Gasteiger charge is 2.28. The SMILES string of the molecule is CCC(CC)CNC(=O)Cn1cccc(NC(=O)[C@H](CCC(OC(C)=O)C(=O)NC)NC(=O)c2cncn2C)c1=O. The summed E-state index contributed by atoms with van der Waals surface area (Å²) in [6.45, 7) is 5.49. The second-order valence-electron chi connectivity index (χ2n) is 9.54. The number of pyridine rings is 1. The van der Waals surface area contributed by atoms with Gasteiger partial charge in [0.05, 0.1) is 12.5 Å². The van der Waals surface area contributed by atoms with Crippen LogP contribution in [0.4, 0.5) is 5.69 Å². The number of hydrogen-bond acceptors (Lipinski definition) is 8. The lowest BCUT2D eigenvalue weighted by Gasteiger charge is -2.21. The number of anilines is 1. The largest absolute Gasteiger partial charge is 0.452 e. The molecule has 224 valence electrons. The third-order valence-electron chi connectivity index (χ3n) is 6.57. The molecule has 2 aromatic heterocycles. The highest BCUT2D eigenvalue weighted by Crippen LogP contribution is 2.11. The molecule has 2 rings (SSSR count). The van der Waals surface area contributed by atoms with Crippen molar-refractivity contribution in [2.24, 2.45) is 13.0 Å². The first-order valence-electron chi connectivity index (χ1n) is 13.4. The van der Waals surface area contributed by atoms with E-state index in [0.717, 1.165) is 19.8 Å². The first kappa shape index (κ1) is 32.7. The van der Waals surface area contributed by atoms with Gasteiger partial charge in [0.25, 0.3) is 17.4 Å². The number of carbonyl (C=O) groups excluding carboxylic acids is 5. The molecule has 0 radical (unpaired) electrons. The van der Waals surface area contributed by atoms with Crippen LogP contribution in [0.15, 0.2) is 35.6 Å². The van der Waals surface area contributed by atoms with Crippen LogP contribution >= 0.6 is 0 Å². The van der Waals surface area contributed by atoms with Crippen LogP contribution in [0.1, 0.15) is 56.9 Å². The van der Waals surface area contributed by atoms with Crippen LogP contribution in [0.3, 0.4) is 0 Å². The Hall–Kier alpha value is -4.49. The van der Waals surface area contributed by atoms with E-state index in [9.17, 15) is 28.8 Å². The summed E-state index contributed by atoms with van der Waals surface area (Å²) in [6, 6.07) is 1.67. The van der Waals surface area contributed by atoms with Crippen LogP contribution in [0.5, 0.6) is 0 Å². The second-order valence-corrected chi connectivity index (χ2v) is 9.54.